The Morgan fingerprint density at radius 1 is 1.16 bits per heavy atom. The van der Waals surface area contributed by atoms with Crippen molar-refractivity contribution in [1.82, 2.24) is 19.8 Å². The van der Waals surface area contributed by atoms with Crippen molar-refractivity contribution in [3.05, 3.63) is 59.5 Å². The number of carbonyl (C=O) groups is 1. The average molecular weight is 459 g/mol. The van der Waals surface area contributed by atoms with E-state index in [-0.39, 0.29) is 23.8 Å². The summed E-state index contributed by atoms with van der Waals surface area (Å²) in [7, 11) is 0.851. The van der Waals surface area contributed by atoms with Crippen LogP contribution in [0.15, 0.2) is 51.9 Å². The Hall–Kier alpha value is -3.24. The molecule has 0 aliphatic carbocycles. The molecule has 1 N–H and O–H groups in total. The fourth-order valence-corrected chi connectivity index (χ4v) is 3.93. The van der Waals surface area contributed by atoms with Gasteiger partial charge in [0.15, 0.2) is 0 Å². The number of benzene rings is 2. The summed E-state index contributed by atoms with van der Waals surface area (Å²) < 4.78 is 36.4. The maximum absolute atomic E-state index is 12.4. The molecule has 0 bridgehead atoms. The molecule has 1 aromatic heterocycles. The lowest BCUT2D eigenvalue weighted by atomic mass is 10.1. The van der Waals surface area contributed by atoms with Crippen molar-refractivity contribution < 1.29 is 22.5 Å². The average Bonchev–Trinajstić information content (AvgIpc) is 3.25. The number of hydrogen-bond donors (Lipinski definition) is 1. The first kappa shape index (κ1) is 23.4. The summed E-state index contributed by atoms with van der Waals surface area (Å²) in [4.78, 5) is 16.8. The minimum atomic E-state index is -3.58. The van der Waals surface area contributed by atoms with Gasteiger partial charge in [-0.2, -0.15) is 4.98 Å². The Bertz CT molecular complexity index is 1190. The van der Waals surface area contributed by atoms with Crippen molar-refractivity contribution in [2.75, 3.05) is 21.2 Å². The Morgan fingerprint density at radius 3 is 2.53 bits per heavy atom. The van der Waals surface area contributed by atoms with E-state index in [4.69, 9.17) is 9.26 Å². The van der Waals surface area contributed by atoms with Crippen LogP contribution in [0.4, 0.5) is 0 Å². The summed E-state index contributed by atoms with van der Waals surface area (Å²) in [5.41, 5.74) is 2.59. The van der Waals surface area contributed by atoms with E-state index < -0.39 is 10.0 Å². The van der Waals surface area contributed by atoms with E-state index in [2.05, 4.69) is 15.5 Å². The molecule has 0 unspecified atom stereocenters. The van der Waals surface area contributed by atoms with Crippen LogP contribution in [0.5, 0.6) is 5.75 Å². The largest absolute Gasteiger partial charge is 0.496 e. The zero-order valence-corrected chi connectivity index (χ0v) is 19.3. The molecule has 3 rings (SSSR count). The van der Waals surface area contributed by atoms with E-state index in [0.717, 1.165) is 15.4 Å². The molecular weight excluding hydrogens is 432 g/mol. The van der Waals surface area contributed by atoms with Crippen LogP contribution in [0, 0.1) is 6.92 Å². The monoisotopic (exact) mass is 458 g/mol. The maximum atomic E-state index is 12.4. The SMILES string of the molecule is COc1ccc(S(=O)(=O)N(C)C)cc1CCC(=O)NCc1nc(-c2ccc(C)cc2)no1. The molecule has 1 heterocycles. The van der Waals surface area contributed by atoms with Gasteiger partial charge in [0.25, 0.3) is 0 Å². The second-order valence-corrected chi connectivity index (χ2v) is 9.57. The maximum Gasteiger partial charge on any atom is 0.246 e. The Morgan fingerprint density at radius 2 is 1.88 bits per heavy atom. The summed E-state index contributed by atoms with van der Waals surface area (Å²) in [6.45, 7) is 2.10. The van der Waals surface area contributed by atoms with Crippen LogP contribution >= 0.6 is 0 Å². The number of methoxy groups -OCH3 is 1. The topological polar surface area (TPSA) is 115 Å². The van der Waals surface area contributed by atoms with Crippen LogP contribution in [-0.4, -0.2) is 50.0 Å². The van der Waals surface area contributed by atoms with Gasteiger partial charge < -0.3 is 14.6 Å². The lowest BCUT2D eigenvalue weighted by Gasteiger charge is -2.14. The van der Waals surface area contributed by atoms with E-state index in [1.165, 1.54) is 33.3 Å². The highest BCUT2D eigenvalue weighted by Gasteiger charge is 2.19. The molecule has 0 fully saturated rings. The normalized spacial score (nSPS) is 11.5. The third-order valence-electron chi connectivity index (χ3n) is 4.87. The summed E-state index contributed by atoms with van der Waals surface area (Å²) in [5.74, 6) is 1.04. The van der Waals surface area contributed by atoms with Crippen molar-refractivity contribution in [2.45, 2.75) is 31.2 Å². The fraction of sp³-hybridized carbons (Fsp3) is 0.318. The molecular formula is C22H26N4O5S. The lowest BCUT2D eigenvalue weighted by molar-refractivity contribution is -0.121. The molecule has 0 aliphatic rings. The molecule has 9 nitrogen and oxygen atoms in total. The third kappa shape index (κ3) is 5.51. The number of carbonyl (C=O) groups excluding carboxylic acids is 1. The van der Waals surface area contributed by atoms with Gasteiger partial charge in [-0.1, -0.05) is 35.0 Å². The first-order chi connectivity index (χ1) is 15.2. The van der Waals surface area contributed by atoms with Crippen molar-refractivity contribution in [3.63, 3.8) is 0 Å². The molecule has 2 aromatic carbocycles. The predicted octanol–water partition coefficient (Wildman–Crippen LogP) is 2.55. The first-order valence-electron chi connectivity index (χ1n) is 9.96. The lowest BCUT2D eigenvalue weighted by Crippen LogP contribution is -2.24. The number of sulfonamides is 1. The van der Waals surface area contributed by atoms with Crippen molar-refractivity contribution in [2.24, 2.45) is 0 Å². The molecule has 3 aromatic rings. The summed E-state index contributed by atoms with van der Waals surface area (Å²) >= 11 is 0. The number of aromatic nitrogens is 2. The van der Waals surface area contributed by atoms with Gasteiger partial charge in [0.2, 0.25) is 27.6 Å². The molecule has 0 saturated carbocycles. The highest BCUT2D eigenvalue weighted by atomic mass is 32.2. The van der Waals surface area contributed by atoms with Crippen molar-refractivity contribution in [3.8, 4) is 17.1 Å². The van der Waals surface area contributed by atoms with E-state index in [1.54, 1.807) is 6.07 Å². The van der Waals surface area contributed by atoms with Gasteiger partial charge in [0.05, 0.1) is 18.6 Å². The number of nitrogens with zero attached hydrogens (tertiary/aromatic N) is 3. The molecule has 0 radical (unpaired) electrons. The van der Waals surface area contributed by atoms with Crippen molar-refractivity contribution in [1.29, 1.82) is 0 Å². The predicted molar refractivity (Wildman–Crippen MR) is 119 cm³/mol. The summed E-state index contributed by atoms with van der Waals surface area (Å²) in [6, 6.07) is 12.3. The van der Waals surface area contributed by atoms with Crippen LogP contribution in [-0.2, 0) is 27.8 Å². The molecule has 0 spiro atoms. The van der Waals surface area contributed by atoms with Gasteiger partial charge in [0.1, 0.15) is 5.75 Å². The van der Waals surface area contributed by atoms with Crippen LogP contribution in [0.1, 0.15) is 23.4 Å². The van der Waals surface area contributed by atoms with E-state index in [1.807, 2.05) is 31.2 Å². The van der Waals surface area contributed by atoms with E-state index >= 15 is 0 Å². The second kappa shape index (κ2) is 9.92. The van der Waals surface area contributed by atoms with Crippen LogP contribution in [0.25, 0.3) is 11.4 Å². The Labute approximate surface area is 187 Å². The molecule has 0 aliphatic heterocycles. The fourth-order valence-electron chi connectivity index (χ4n) is 2.98. The van der Waals surface area contributed by atoms with Crippen LogP contribution < -0.4 is 10.1 Å². The van der Waals surface area contributed by atoms with Crippen molar-refractivity contribution >= 4 is 15.9 Å². The van der Waals surface area contributed by atoms with Crippen LogP contribution in [0.3, 0.4) is 0 Å². The van der Waals surface area contributed by atoms with Gasteiger partial charge in [0, 0.05) is 26.1 Å². The molecule has 0 saturated heterocycles. The zero-order valence-electron chi connectivity index (χ0n) is 18.5. The molecule has 170 valence electrons. The summed E-state index contributed by atoms with van der Waals surface area (Å²) in [6.07, 6.45) is 0.449. The molecule has 0 atom stereocenters. The highest BCUT2D eigenvalue weighted by Crippen LogP contribution is 2.25. The Kier molecular flexibility index (Phi) is 7.26. The van der Waals surface area contributed by atoms with Gasteiger partial charge in [-0.05, 0) is 37.1 Å². The van der Waals surface area contributed by atoms with E-state index in [9.17, 15) is 13.2 Å². The number of hydrogen-bond acceptors (Lipinski definition) is 7. The molecule has 32 heavy (non-hydrogen) atoms. The number of rotatable bonds is 9. The molecule has 1 amide bonds. The summed E-state index contributed by atoms with van der Waals surface area (Å²) in [5, 5.41) is 6.68. The van der Waals surface area contributed by atoms with Gasteiger partial charge in [-0.15, -0.1) is 0 Å². The number of amides is 1. The van der Waals surface area contributed by atoms with Crippen LogP contribution in [0.2, 0.25) is 0 Å². The number of nitrogens with one attached hydrogen (secondary N) is 1. The Balaban J connectivity index is 1.60. The number of ether oxygens (including phenoxy) is 1. The van der Waals surface area contributed by atoms with Gasteiger partial charge in [-0.25, -0.2) is 12.7 Å². The molecule has 10 heteroatoms. The van der Waals surface area contributed by atoms with E-state index in [0.29, 0.717) is 29.4 Å². The first-order valence-corrected chi connectivity index (χ1v) is 11.4. The highest BCUT2D eigenvalue weighted by molar-refractivity contribution is 7.89. The number of aryl methyl sites for hydroxylation is 2. The standard InChI is InChI=1S/C22H26N4O5S/c1-15-5-7-16(8-6-15)22-24-21(31-25-22)14-23-20(27)12-9-17-13-18(10-11-19(17)30-4)32(28,29)26(2)3/h5-8,10-11,13H,9,12,14H2,1-4H3,(H,23,27). The quantitative estimate of drug-likeness (QED) is 0.524. The third-order valence-corrected chi connectivity index (χ3v) is 6.68. The smallest absolute Gasteiger partial charge is 0.246 e. The second-order valence-electron chi connectivity index (χ2n) is 7.42. The zero-order chi connectivity index (χ0) is 23.3. The van der Waals surface area contributed by atoms with Gasteiger partial charge >= 0.3 is 0 Å². The minimum Gasteiger partial charge on any atom is -0.496 e. The minimum absolute atomic E-state index is 0.101. The van der Waals surface area contributed by atoms with Gasteiger partial charge in [-0.3, -0.25) is 4.79 Å².